The fourth-order valence-electron chi connectivity index (χ4n) is 3.33. The van der Waals surface area contributed by atoms with E-state index in [-0.39, 0.29) is 26.9 Å². The molecule has 0 bridgehead atoms. The normalized spacial score (nSPS) is 17.0. The predicted octanol–water partition coefficient (Wildman–Crippen LogP) is 5.72. The van der Waals surface area contributed by atoms with Gasteiger partial charge in [-0.15, -0.1) is 11.3 Å². The van der Waals surface area contributed by atoms with Gasteiger partial charge in [0.25, 0.3) is 0 Å². The average Bonchev–Trinajstić information content (AvgIpc) is 3.19. The van der Waals surface area contributed by atoms with Gasteiger partial charge in [-0.1, -0.05) is 41.4 Å². The summed E-state index contributed by atoms with van der Waals surface area (Å²) in [6.07, 6.45) is 2.97. The number of halogens is 4. The van der Waals surface area contributed by atoms with Gasteiger partial charge < -0.3 is 10.6 Å². The van der Waals surface area contributed by atoms with Crippen molar-refractivity contribution in [3.63, 3.8) is 0 Å². The Hall–Kier alpha value is -2.04. The van der Waals surface area contributed by atoms with E-state index in [4.69, 9.17) is 23.2 Å². The summed E-state index contributed by atoms with van der Waals surface area (Å²) in [5.41, 5.74) is 2.33. The van der Waals surface area contributed by atoms with Gasteiger partial charge in [-0.05, 0) is 48.4 Å². The number of hydrogen-bond acceptors (Lipinski definition) is 5. The molecule has 2 unspecified atom stereocenters. The van der Waals surface area contributed by atoms with Crippen molar-refractivity contribution < 1.29 is 13.0 Å². The summed E-state index contributed by atoms with van der Waals surface area (Å²) < 4.78 is 43.1. The highest BCUT2D eigenvalue weighted by atomic mass is 35.5. The molecule has 1 aliphatic rings. The van der Waals surface area contributed by atoms with Crippen molar-refractivity contribution in [2.75, 3.05) is 23.1 Å². The van der Waals surface area contributed by atoms with Crippen LogP contribution in [0, 0.1) is 11.6 Å². The molecule has 4 rings (SSSR count). The van der Waals surface area contributed by atoms with Crippen molar-refractivity contribution in [1.82, 2.24) is 10.3 Å². The third kappa shape index (κ3) is 5.47. The van der Waals surface area contributed by atoms with Crippen LogP contribution in [0.2, 0.25) is 10.2 Å². The highest BCUT2D eigenvalue weighted by Gasteiger charge is 2.20. The predicted molar refractivity (Wildman–Crippen MR) is 128 cm³/mol. The summed E-state index contributed by atoms with van der Waals surface area (Å²) in [6.45, 7) is 1.23. The molecule has 0 spiro atoms. The third-order valence-corrected chi connectivity index (χ3v) is 7.44. The molecule has 1 aromatic heterocycles. The minimum atomic E-state index is -1.89. The van der Waals surface area contributed by atoms with Crippen LogP contribution in [0.5, 0.6) is 0 Å². The number of thiazole rings is 1. The molecule has 0 fully saturated rings. The Kier molecular flexibility index (Phi) is 7.42. The Morgan fingerprint density at radius 1 is 1.22 bits per heavy atom. The van der Waals surface area contributed by atoms with E-state index in [0.29, 0.717) is 17.4 Å². The highest BCUT2D eigenvalue weighted by molar-refractivity contribution is 7.86. The van der Waals surface area contributed by atoms with Gasteiger partial charge in [0, 0.05) is 18.0 Å². The Morgan fingerprint density at radius 3 is 2.72 bits per heavy atom. The fraction of sp³-hybridized carbons (Fsp3) is 0.190. The number of benzene rings is 2. The van der Waals surface area contributed by atoms with E-state index in [1.807, 2.05) is 0 Å². The van der Waals surface area contributed by atoms with Gasteiger partial charge >= 0.3 is 0 Å². The maximum absolute atomic E-state index is 14.7. The number of nitrogens with zero attached hydrogens (tertiary/aromatic N) is 1. The molecule has 11 heteroatoms. The SMILES string of the molecule is O=S(Nc1nc(Cl)cs1)c1cc(Cl)c(NCC2NCCC=C2c2ccc(F)cc2)cc1F. The topological polar surface area (TPSA) is 66.0 Å². The van der Waals surface area contributed by atoms with Crippen molar-refractivity contribution in [3.8, 4) is 0 Å². The van der Waals surface area contributed by atoms with Crippen LogP contribution in [0.3, 0.4) is 0 Å². The lowest BCUT2D eigenvalue weighted by molar-refractivity contribution is 0.594. The smallest absolute Gasteiger partial charge is 0.196 e. The Morgan fingerprint density at radius 2 is 2.00 bits per heavy atom. The summed E-state index contributed by atoms with van der Waals surface area (Å²) in [5.74, 6) is -0.962. The molecule has 32 heavy (non-hydrogen) atoms. The van der Waals surface area contributed by atoms with Gasteiger partial charge in [-0.3, -0.25) is 4.72 Å². The van der Waals surface area contributed by atoms with Crippen LogP contribution >= 0.6 is 34.5 Å². The largest absolute Gasteiger partial charge is 0.382 e. The molecule has 2 atom stereocenters. The van der Waals surface area contributed by atoms with E-state index in [9.17, 15) is 13.0 Å². The van der Waals surface area contributed by atoms with Gasteiger partial charge in [0.1, 0.15) is 16.8 Å². The van der Waals surface area contributed by atoms with E-state index >= 15 is 0 Å². The second kappa shape index (κ2) is 10.3. The van der Waals surface area contributed by atoms with Crippen molar-refractivity contribution >= 4 is 61.9 Å². The zero-order chi connectivity index (χ0) is 22.7. The minimum Gasteiger partial charge on any atom is -0.382 e. The van der Waals surface area contributed by atoms with Crippen molar-refractivity contribution in [3.05, 3.63) is 75.2 Å². The molecular formula is C21H18Cl2F2N4OS2. The van der Waals surface area contributed by atoms with E-state index in [1.54, 1.807) is 17.5 Å². The van der Waals surface area contributed by atoms with Crippen LogP contribution < -0.4 is 15.4 Å². The summed E-state index contributed by atoms with van der Waals surface area (Å²) in [5, 5.41) is 8.95. The van der Waals surface area contributed by atoms with Crippen LogP contribution in [-0.2, 0) is 11.0 Å². The number of anilines is 2. The lowest BCUT2D eigenvalue weighted by Gasteiger charge is -2.27. The Balaban J connectivity index is 1.46. The summed E-state index contributed by atoms with van der Waals surface area (Å²) in [7, 11) is -1.89. The lowest BCUT2D eigenvalue weighted by atomic mass is 9.94. The van der Waals surface area contributed by atoms with E-state index in [2.05, 4.69) is 26.4 Å². The molecule has 5 nitrogen and oxygen atoms in total. The molecule has 2 heterocycles. The van der Waals surface area contributed by atoms with E-state index < -0.39 is 16.8 Å². The number of rotatable bonds is 7. The maximum atomic E-state index is 14.7. The first kappa shape index (κ1) is 23.1. The van der Waals surface area contributed by atoms with Gasteiger partial charge in [0.15, 0.2) is 16.1 Å². The second-order valence-corrected chi connectivity index (χ2v) is 9.79. The van der Waals surface area contributed by atoms with Crippen LogP contribution in [0.15, 0.2) is 52.7 Å². The maximum Gasteiger partial charge on any atom is 0.196 e. The van der Waals surface area contributed by atoms with Crippen LogP contribution in [0.25, 0.3) is 5.57 Å². The molecule has 0 aliphatic carbocycles. The first-order valence-corrected chi connectivity index (χ1v) is 12.4. The zero-order valence-corrected chi connectivity index (χ0v) is 19.6. The van der Waals surface area contributed by atoms with Crippen LogP contribution in [-0.4, -0.2) is 28.3 Å². The first-order chi connectivity index (χ1) is 15.4. The highest BCUT2D eigenvalue weighted by Crippen LogP contribution is 2.30. The minimum absolute atomic E-state index is 0.0709. The molecule has 3 aromatic rings. The fourth-order valence-corrected chi connectivity index (χ4v) is 5.51. The third-order valence-electron chi connectivity index (χ3n) is 4.83. The molecule has 0 saturated carbocycles. The monoisotopic (exact) mass is 514 g/mol. The quantitative estimate of drug-likeness (QED) is 0.377. The van der Waals surface area contributed by atoms with Crippen LogP contribution in [0.1, 0.15) is 12.0 Å². The van der Waals surface area contributed by atoms with Gasteiger partial charge in [0.05, 0.1) is 15.6 Å². The Labute approximate surface area is 200 Å². The summed E-state index contributed by atoms with van der Waals surface area (Å²) in [6, 6.07) is 8.79. The molecule has 3 N–H and O–H groups in total. The zero-order valence-electron chi connectivity index (χ0n) is 16.5. The molecular weight excluding hydrogens is 497 g/mol. The Bertz CT molecular complexity index is 1170. The van der Waals surface area contributed by atoms with Crippen molar-refractivity contribution in [1.29, 1.82) is 0 Å². The molecule has 0 saturated heterocycles. The average molecular weight is 515 g/mol. The molecule has 168 valence electrons. The lowest BCUT2D eigenvalue weighted by Crippen LogP contribution is -2.39. The van der Waals surface area contributed by atoms with Crippen molar-refractivity contribution in [2.45, 2.75) is 17.4 Å². The van der Waals surface area contributed by atoms with Crippen LogP contribution in [0.4, 0.5) is 19.6 Å². The molecule has 0 radical (unpaired) electrons. The summed E-state index contributed by atoms with van der Waals surface area (Å²) in [4.78, 5) is 3.85. The molecule has 2 aromatic carbocycles. The summed E-state index contributed by atoms with van der Waals surface area (Å²) >= 11 is 13.3. The van der Waals surface area contributed by atoms with Crippen molar-refractivity contribution in [2.24, 2.45) is 0 Å². The van der Waals surface area contributed by atoms with E-state index in [0.717, 1.165) is 35.4 Å². The number of hydrogen-bond donors (Lipinski definition) is 3. The molecule has 1 aliphatic heterocycles. The van der Waals surface area contributed by atoms with E-state index in [1.165, 1.54) is 24.3 Å². The second-order valence-electron chi connectivity index (χ2n) is 6.95. The number of nitrogens with one attached hydrogen (secondary N) is 3. The standard InChI is InChI=1S/C21H18Cl2F2N4OS2/c22-15-8-19(32(30)29-21-28-20(23)11-31-21)16(25)9-17(15)27-10-18-14(2-1-7-26-18)12-3-5-13(24)6-4-12/h2-6,8-9,11,18,26-27H,1,7,10H2,(H,28,29). The van der Waals surface area contributed by atoms with Gasteiger partial charge in [-0.25, -0.2) is 18.0 Å². The number of aromatic nitrogens is 1. The van der Waals surface area contributed by atoms with Gasteiger partial charge in [-0.2, -0.15) is 0 Å². The molecule has 0 amide bonds. The first-order valence-electron chi connectivity index (χ1n) is 9.62. The van der Waals surface area contributed by atoms with Gasteiger partial charge in [0.2, 0.25) is 0 Å².